The van der Waals surface area contributed by atoms with E-state index in [4.69, 9.17) is 21.8 Å². The van der Waals surface area contributed by atoms with Gasteiger partial charge in [-0.05, 0) is 24.3 Å². The second-order valence-corrected chi connectivity index (χ2v) is 5.97. The molecule has 0 aliphatic heterocycles. The van der Waals surface area contributed by atoms with E-state index < -0.39 is 0 Å². The number of nitrogens with zero attached hydrogens (tertiary/aromatic N) is 5. The smallest absolute Gasteiger partial charge is 0.230 e. The Labute approximate surface area is 155 Å². The van der Waals surface area contributed by atoms with E-state index in [0.717, 1.165) is 5.56 Å². The molecule has 2 N–H and O–H groups in total. The molecular weight excluding hydrogens is 352 g/mol. The van der Waals surface area contributed by atoms with Gasteiger partial charge in [0.25, 0.3) is 0 Å². The van der Waals surface area contributed by atoms with Crippen LogP contribution in [0.1, 0.15) is 11.6 Å². The largest absolute Gasteiger partial charge is 0.457 e. The highest BCUT2D eigenvalue weighted by atomic mass is 35.5. The van der Waals surface area contributed by atoms with Crippen molar-refractivity contribution in [2.24, 2.45) is 0 Å². The predicted octanol–water partition coefficient (Wildman–Crippen LogP) is 3.50. The van der Waals surface area contributed by atoms with Gasteiger partial charge in [-0.15, -0.1) is 0 Å². The zero-order chi connectivity index (χ0) is 18.7. The predicted molar refractivity (Wildman–Crippen MR) is 101 cm³/mol. The highest BCUT2D eigenvalue weighted by Crippen LogP contribution is 2.30. The summed E-state index contributed by atoms with van der Waals surface area (Å²) in [5.74, 6) is 1.66. The molecule has 0 spiro atoms. The van der Waals surface area contributed by atoms with Crippen molar-refractivity contribution in [2.75, 3.05) is 24.7 Å². The molecule has 3 aromatic rings. The lowest BCUT2D eigenvalue weighted by Crippen LogP contribution is -2.15. The maximum absolute atomic E-state index is 9.49. The zero-order valence-corrected chi connectivity index (χ0v) is 14.9. The van der Waals surface area contributed by atoms with E-state index >= 15 is 0 Å². The maximum atomic E-state index is 9.49. The molecule has 130 valence electrons. The minimum Gasteiger partial charge on any atom is -0.457 e. The van der Waals surface area contributed by atoms with Crippen LogP contribution < -0.4 is 10.6 Å². The minimum atomic E-state index is 0.0380. The van der Waals surface area contributed by atoms with Gasteiger partial charge in [-0.1, -0.05) is 23.7 Å². The topological polar surface area (TPSA) is 105 Å². The second-order valence-electron chi connectivity index (χ2n) is 5.56. The molecule has 1 aromatic carbocycles. The quantitative estimate of drug-likeness (QED) is 0.704. The number of allylic oxidation sites excluding steroid dienone is 1. The number of nitrogens with two attached hydrogens (primary N) is 1. The summed E-state index contributed by atoms with van der Waals surface area (Å²) in [6.07, 6.45) is 1.55. The van der Waals surface area contributed by atoms with Crippen LogP contribution in [-0.2, 0) is 0 Å². The lowest BCUT2D eigenvalue weighted by Gasteiger charge is -2.10. The van der Waals surface area contributed by atoms with Gasteiger partial charge in [0.2, 0.25) is 11.9 Å². The van der Waals surface area contributed by atoms with E-state index in [1.165, 1.54) is 0 Å². The maximum Gasteiger partial charge on any atom is 0.230 e. The van der Waals surface area contributed by atoms with Crippen LogP contribution in [0.25, 0.3) is 23.0 Å². The monoisotopic (exact) mass is 366 g/mol. The molecule has 0 saturated heterocycles. The highest BCUT2D eigenvalue weighted by molar-refractivity contribution is 6.33. The normalized spacial score (nSPS) is 11.2. The fraction of sp³-hybridized carbons (Fsp3) is 0.111. The third-order valence-corrected chi connectivity index (χ3v) is 3.78. The van der Waals surface area contributed by atoms with Crippen LogP contribution in [-0.4, -0.2) is 29.0 Å². The summed E-state index contributed by atoms with van der Waals surface area (Å²) < 4.78 is 5.79. The fourth-order valence-electron chi connectivity index (χ4n) is 2.23. The van der Waals surface area contributed by atoms with Crippen LogP contribution in [0.2, 0.25) is 5.02 Å². The first-order valence-electron chi connectivity index (χ1n) is 7.63. The molecule has 0 unspecified atom stereocenters. The van der Waals surface area contributed by atoms with Crippen molar-refractivity contribution in [3.05, 3.63) is 53.0 Å². The number of furan rings is 1. The van der Waals surface area contributed by atoms with Gasteiger partial charge in [0.1, 0.15) is 23.2 Å². The van der Waals surface area contributed by atoms with Crippen molar-refractivity contribution in [3.8, 4) is 17.4 Å². The number of nitriles is 1. The Hall–Kier alpha value is -3.37. The standard InChI is InChI=1S/C18H15ClN6O/c1-25(2)18-23-16(22-17(21)24-18)11(10-20)9-12-7-8-15(26-12)13-5-3-4-6-14(13)19/h3-9H,1-2H3,(H2,21,22,23,24)/b11-9+. The molecule has 7 nitrogen and oxygen atoms in total. The van der Waals surface area contributed by atoms with Gasteiger partial charge >= 0.3 is 0 Å². The molecule has 0 aliphatic carbocycles. The summed E-state index contributed by atoms with van der Waals surface area (Å²) in [6.45, 7) is 0. The number of nitrogen functional groups attached to an aromatic ring is 1. The first-order chi connectivity index (χ1) is 12.5. The van der Waals surface area contributed by atoms with Crippen molar-refractivity contribution >= 4 is 35.1 Å². The highest BCUT2D eigenvalue weighted by Gasteiger charge is 2.13. The Balaban J connectivity index is 1.99. The van der Waals surface area contributed by atoms with E-state index in [-0.39, 0.29) is 17.3 Å². The number of benzene rings is 1. The molecule has 2 aromatic heterocycles. The Morgan fingerprint density at radius 3 is 2.65 bits per heavy atom. The van der Waals surface area contributed by atoms with Crippen LogP contribution in [0.5, 0.6) is 0 Å². The van der Waals surface area contributed by atoms with Crippen LogP contribution in [0.3, 0.4) is 0 Å². The van der Waals surface area contributed by atoms with E-state index in [0.29, 0.717) is 22.5 Å². The number of hydrogen-bond donors (Lipinski definition) is 1. The van der Waals surface area contributed by atoms with Gasteiger partial charge in [-0.2, -0.15) is 20.2 Å². The average molecular weight is 367 g/mol. The van der Waals surface area contributed by atoms with E-state index in [9.17, 15) is 5.26 Å². The Bertz CT molecular complexity index is 1020. The fourth-order valence-corrected chi connectivity index (χ4v) is 2.46. The zero-order valence-electron chi connectivity index (χ0n) is 14.1. The summed E-state index contributed by atoms with van der Waals surface area (Å²) >= 11 is 6.19. The lowest BCUT2D eigenvalue weighted by molar-refractivity contribution is 0.572. The van der Waals surface area contributed by atoms with Gasteiger partial charge < -0.3 is 15.1 Å². The molecule has 0 aliphatic rings. The molecule has 2 heterocycles. The molecule has 3 rings (SSSR count). The number of hydrogen-bond acceptors (Lipinski definition) is 7. The van der Waals surface area contributed by atoms with Gasteiger partial charge in [-0.3, -0.25) is 0 Å². The molecule has 0 bridgehead atoms. The first-order valence-corrected chi connectivity index (χ1v) is 8.01. The molecular formula is C18H15ClN6O. The summed E-state index contributed by atoms with van der Waals surface area (Å²) in [6, 6.07) is 13.0. The summed E-state index contributed by atoms with van der Waals surface area (Å²) in [5, 5.41) is 10.1. The van der Waals surface area contributed by atoms with Crippen molar-refractivity contribution in [2.45, 2.75) is 0 Å². The Morgan fingerprint density at radius 2 is 1.96 bits per heavy atom. The number of halogens is 1. The van der Waals surface area contributed by atoms with Crippen LogP contribution in [0.4, 0.5) is 11.9 Å². The SMILES string of the molecule is CN(C)c1nc(N)nc(/C(C#N)=C/c2ccc(-c3ccccc3Cl)o2)n1. The van der Waals surface area contributed by atoms with Crippen molar-refractivity contribution < 1.29 is 4.42 Å². The third-order valence-electron chi connectivity index (χ3n) is 3.45. The molecule has 26 heavy (non-hydrogen) atoms. The van der Waals surface area contributed by atoms with Gasteiger partial charge in [0.15, 0.2) is 5.82 Å². The summed E-state index contributed by atoms with van der Waals surface area (Å²) in [5.41, 5.74) is 6.70. The Kier molecular flexibility index (Phi) is 4.87. The number of rotatable bonds is 4. The number of aromatic nitrogens is 3. The van der Waals surface area contributed by atoms with E-state index in [1.54, 1.807) is 43.3 Å². The molecule has 8 heteroatoms. The molecule has 0 amide bonds. The molecule has 0 atom stereocenters. The minimum absolute atomic E-state index is 0.0380. The van der Waals surface area contributed by atoms with E-state index in [2.05, 4.69) is 21.0 Å². The van der Waals surface area contributed by atoms with Crippen molar-refractivity contribution in [1.82, 2.24) is 15.0 Å². The lowest BCUT2D eigenvalue weighted by atomic mass is 10.2. The van der Waals surface area contributed by atoms with Crippen LogP contribution >= 0.6 is 11.6 Å². The van der Waals surface area contributed by atoms with Gasteiger partial charge in [-0.25, -0.2) is 0 Å². The molecule has 0 fully saturated rings. The van der Waals surface area contributed by atoms with Gasteiger partial charge in [0.05, 0.1) is 5.02 Å². The Morgan fingerprint density at radius 1 is 1.19 bits per heavy atom. The number of anilines is 2. The third kappa shape index (κ3) is 3.66. The molecule has 0 radical (unpaired) electrons. The average Bonchev–Trinajstić information content (AvgIpc) is 3.07. The van der Waals surface area contributed by atoms with Gasteiger partial charge in [0, 0.05) is 25.7 Å². The first kappa shape index (κ1) is 17.5. The molecule has 0 saturated carbocycles. The second kappa shape index (κ2) is 7.25. The van der Waals surface area contributed by atoms with Crippen LogP contribution in [0.15, 0.2) is 40.8 Å². The summed E-state index contributed by atoms with van der Waals surface area (Å²) in [7, 11) is 3.55. The van der Waals surface area contributed by atoms with Crippen LogP contribution in [0, 0.1) is 11.3 Å². The van der Waals surface area contributed by atoms with Crippen molar-refractivity contribution in [3.63, 3.8) is 0 Å². The summed E-state index contributed by atoms with van der Waals surface area (Å²) in [4.78, 5) is 14.0. The van der Waals surface area contributed by atoms with E-state index in [1.807, 2.05) is 18.2 Å². The van der Waals surface area contributed by atoms with Crippen molar-refractivity contribution in [1.29, 1.82) is 5.26 Å².